The van der Waals surface area contributed by atoms with Crippen molar-refractivity contribution in [2.45, 2.75) is 26.0 Å². The van der Waals surface area contributed by atoms with Crippen LogP contribution in [0.1, 0.15) is 34.7 Å². The highest BCUT2D eigenvalue weighted by atomic mass is 19.1. The lowest BCUT2D eigenvalue weighted by molar-refractivity contribution is 0.0693. The summed E-state index contributed by atoms with van der Waals surface area (Å²) in [6, 6.07) is 2.97. The molecule has 1 aromatic carbocycles. The van der Waals surface area contributed by atoms with Crippen LogP contribution in [0.2, 0.25) is 0 Å². The number of nitrogens with one attached hydrogen (secondary N) is 1. The molecule has 0 amide bonds. The minimum Gasteiger partial charge on any atom is -0.478 e. The molecule has 2 aromatic heterocycles. The van der Waals surface area contributed by atoms with Crippen molar-refractivity contribution in [2.75, 3.05) is 5.73 Å². The number of halogens is 1. The Morgan fingerprint density at radius 2 is 2.04 bits per heavy atom. The van der Waals surface area contributed by atoms with Gasteiger partial charge in [-0.25, -0.2) is 19.2 Å². The Balaban J connectivity index is 2.30. The SMILES string of the molecule is Cc1nc2ccc(F)c(-c3cc(C(=O)O)c([C@H](N)[C@H](C)O)[nH]3)c2nc1N. The summed E-state index contributed by atoms with van der Waals surface area (Å²) < 4.78 is 14.6. The molecule has 2 atom stereocenters. The van der Waals surface area contributed by atoms with Crippen molar-refractivity contribution in [3.05, 3.63) is 41.0 Å². The van der Waals surface area contributed by atoms with E-state index in [9.17, 15) is 19.4 Å². The van der Waals surface area contributed by atoms with Crippen LogP contribution in [0.5, 0.6) is 0 Å². The van der Waals surface area contributed by atoms with Crippen molar-refractivity contribution >= 4 is 22.8 Å². The number of fused-ring (bicyclic) bond motifs is 1. The van der Waals surface area contributed by atoms with Gasteiger partial charge in [0.1, 0.15) is 17.2 Å². The van der Waals surface area contributed by atoms with Gasteiger partial charge in [0.25, 0.3) is 0 Å². The molecule has 0 aliphatic heterocycles. The van der Waals surface area contributed by atoms with Crippen LogP contribution in [0.3, 0.4) is 0 Å². The van der Waals surface area contributed by atoms with Crippen LogP contribution >= 0.6 is 0 Å². The first-order valence-corrected chi connectivity index (χ1v) is 7.83. The fourth-order valence-electron chi connectivity index (χ4n) is 2.74. The van der Waals surface area contributed by atoms with E-state index < -0.39 is 23.9 Å². The fraction of sp³-hybridized carbons (Fsp3) is 0.235. The standard InChI is InChI=1S/C17H18FN5O3/c1-6-16(20)23-15-10(21-6)4-3-9(18)12(15)11-5-8(17(25)26)14(22-11)13(19)7(2)24/h3-5,7,13,22,24H,19H2,1-2H3,(H2,20,23)(H,25,26)/t7-,13+/m0/s1. The molecule has 26 heavy (non-hydrogen) atoms. The highest BCUT2D eigenvalue weighted by molar-refractivity contribution is 5.96. The zero-order valence-electron chi connectivity index (χ0n) is 14.1. The molecule has 0 bridgehead atoms. The Bertz CT molecular complexity index is 1020. The molecule has 3 rings (SSSR count). The Labute approximate surface area is 147 Å². The van der Waals surface area contributed by atoms with Gasteiger partial charge >= 0.3 is 5.97 Å². The van der Waals surface area contributed by atoms with Crippen LogP contribution in [-0.2, 0) is 0 Å². The monoisotopic (exact) mass is 359 g/mol. The number of aromatic carboxylic acids is 1. The van der Waals surface area contributed by atoms with Gasteiger partial charge in [-0.05, 0) is 32.0 Å². The van der Waals surface area contributed by atoms with E-state index in [4.69, 9.17) is 11.5 Å². The summed E-state index contributed by atoms with van der Waals surface area (Å²) in [7, 11) is 0. The highest BCUT2D eigenvalue weighted by Crippen LogP contribution is 2.33. The Kier molecular flexibility index (Phi) is 4.34. The predicted octanol–water partition coefficient (Wildman–Crippen LogP) is 1.73. The number of carboxylic acids is 1. The lowest BCUT2D eigenvalue weighted by atomic mass is 10.1. The minimum atomic E-state index is -1.25. The normalized spacial score (nSPS) is 13.7. The zero-order valence-corrected chi connectivity index (χ0v) is 14.1. The molecule has 0 saturated heterocycles. The summed E-state index contributed by atoms with van der Waals surface area (Å²) in [5.74, 6) is -1.72. The third-order valence-electron chi connectivity index (χ3n) is 4.20. The molecule has 0 unspecified atom stereocenters. The third kappa shape index (κ3) is 2.87. The van der Waals surface area contributed by atoms with Gasteiger partial charge in [0.05, 0.1) is 40.2 Å². The molecule has 2 heterocycles. The van der Waals surface area contributed by atoms with E-state index >= 15 is 0 Å². The molecule has 3 aromatic rings. The highest BCUT2D eigenvalue weighted by Gasteiger charge is 2.25. The largest absolute Gasteiger partial charge is 0.478 e. The summed E-state index contributed by atoms with van der Waals surface area (Å²) in [6.07, 6.45) is -1.00. The van der Waals surface area contributed by atoms with Crippen molar-refractivity contribution in [2.24, 2.45) is 5.73 Å². The van der Waals surface area contributed by atoms with Gasteiger partial charge < -0.3 is 26.7 Å². The van der Waals surface area contributed by atoms with E-state index in [-0.39, 0.29) is 33.8 Å². The summed E-state index contributed by atoms with van der Waals surface area (Å²) in [5, 5.41) is 19.1. The van der Waals surface area contributed by atoms with Gasteiger partial charge in [0.2, 0.25) is 0 Å². The number of hydrogen-bond acceptors (Lipinski definition) is 6. The maximum absolute atomic E-state index is 14.6. The zero-order chi connectivity index (χ0) is 19.2. The number of nitrogens with two attached hydrogens (primary N) is 2. The van der Waals surface area contributed by atoms with Crippen molar-refractivity contribution in [1.82, 2.24) is 15.0 Å². The predicted molar refractivity (Wildman–Crippen MR) is 94.0 cm³/mol. The first-order chi connectivity index (χ1) is 12.2. The van der Waals surface area contributed by atoms with Gasteiger partial charge in [-0.1, -0.05) is 0 Å². The van der Waals surface area contributed by atoms with Crippen molar-refractivity contribution in [3.63, 3.8) is 0 Å². The molecule has 0 aliphatic carbocycles. The van der Waals surface area contributed by atoms with Crippen LogP contribution in [0.15, 0.2) is 18.2 Å². The molecular formula is C17H18FN5O3. The second kappa shape index (κ2) is 6.36. The van der Waals surface area contributed by atoms with Crippen LogP contribution in [-0.4, -0.2) is 37.2 Å². The number of carboxylic acid groups (broad SMARTS) is 1. The Morgan fingerprint density at radius 3 is 2.65 bits per heavy atom. The molecule has 9 heteroatoms. The van der Waals surface area contributed by atoms with E-state index in [0.29, 0.717) is 11.2 Å². The number of nitrogen functional groups attached to an aromatic ring is 1. The third-order valence-corrected chi connectivity index (χ3v) is 4.20. The molecule has 0 radical (unpaired) electrons. The van der Waals surface area contributed by atoms with E-state index in [0.717, 1.165) is 0 Å². The van der Waals surface area contributed by atoms with Gasteiger partial charge in [0.15, 0.2) is 0 Å². The Hall–Kier alpha value is -3.04. The molecule has 0 saturated carbocycles. The lowest BCUT2D eigenvalue weighted by Crippen LogP contribution is -2.25. The van der Waals surface area contributed by atoms with E-state index in [1.165, 1.54) is 25.1 Å². The number of H-pyrrole nitrogens is 1. The number of rotatable bonds is 4. The quantitative estimate of drug-likeness (QED) is 0.476. The number of aromatic nitrogens is 3. The number of aryl methyl sites for hydroxylation is 1. The molecule has 7 N–H and O–H groups in total. The number of aromatic amines is 1. The number of nitrogens with zero attached hydrogens (tertiary/aromatic N) is 2. The first kappa shape index (κ1) is 17.8. The van der Waals surface area contributed by atoms with E-state index in [1.807, 2.05) is 0 Å². The van der Waals surface area contributed by atoms with Crippen molar-refractivity contribution in [3.8, 4) is 11.3 Å². The summed E-state index contributed by atoms with van der Waals surface area (Å²) in [5.41, 5.74) is 12.9. The first-order valence-electron chi connectivity index (χ1n) is 7.83. The van der Waals surface area contributed by atoms with Crippen LogP contribution in [0.25, 0.3) is 22.3 Å². The smallest absolute Gasteiger partial charge is 0.337 e. The molecule has 0 aliphatic rings. The maximum Gasteiger partial charge on any atom is 0.337 e. The summed E-state index contributed by atoms with van der Waals surface area (Å²) in [6.45, 7) is 3.12. The molecule has 0 fully saturated rings. The van der Waals surface area contributed by atoms with Gasteiger partial charge in [-0.3, -0.25) is 0 Å². The van der Waals surface area contributed by atoms with Crippen LogP contribution in [0.4, 0.5) is 10.2 Å². The molecule has 8 nitrogen and oxygen atoms in total. The number of benzene rings is 1. The fourth-order valence-corrected chi connectivity index (χ4v) is 2.74. The maximum atomic E-state index is 14.6. The summed E-state index contributed by atoms with van der Waals surface area (Å²) in [4.78, 5) is 22.8. The van der Waals surface area contributed by atoms with Gasteiger partial charge in [0, 0.05) is 5.69 Å². The molecule has 0 spiro atoms. The van der Waals surface area contributed by atoms with Crippen LogP contribution < -0.4 is 11.5 Å². The topological polar surface area (TPSA) is 151 Å². The molecular weight excluding hydrogens is 341 g/mol. The van der Waals surface area contributed by atoms with Crippen molar-refractivity contribution < 1.29 is 19.4 Å². The van der Waals surface area contributed by atoms with E-state index in [1.54, 1.807) is 6.92 Å². The van der Waals surface area contributed by atoms with E-state index in [2.05, 4.69) is 15.0 Å². The number of hydrogen-bond donors (Lipinski definition) is 5. The average molecular weight is 359 g/mol. The average Bonchev–Trinajstić information content (AvgIpc) is 3.00. The Morgan fingerprint density at radius 1 is 1.35 bits per heavy atom. The second-order valence-electron chi connectivity index (χ2n) is 6.07. The minimum absolute atomic E-state index is 0.0354. The second-order valence-corrected chi connectivity index (χ2v) is 6.07. The van der Waals surface area contributed by atoms with Gasteiger partial charge in [-0.15, -0.1) is 0 Å². The number of anilines is 1. The number of aliphatic hydroxyl groups is 1. The van der Waals surface area contributed by atoms with Crippen molar-refractivity contribution in [1.29, 1.82) is 0 Å². The lowest BCUT2D eigenvalue weighted by Gasteiger charge is -2.14. The summed E-state index contributed by atoms with van der Waals surface area (Å²) >= 11 is 0. The van der Waals surface area contributed by atoms with Crippen LogP contribution in [0, 0.1) is 12.7 Å². The van der Waals surface area contributed by atoms with Gasteiger partial charge in [-0.2, -0.15) is 0 Å². The number of carbonyl (C=O) groups is 1. The number of aliphatic hydroxyl groups excluding tert-OH is 1. The molecule has 136 valence electrons.